The first-order chi connectivity index (χ1) is 16.9. The second-order valence-corrected chi connectivity index (χ2v) is 9.37. The predicted octanol–water partition coefficient (Wildman–Crippen LogP) is 1.78. The van der Waals surface area contributed by atoms with E-state index < -0.39 is 11.2 Å². The van der Waals surface area contributed by atoms with E-state index in [2.05, 4.69) is 19.9 Å². The Balaban J connectivity index is 1.44. The van der Waals surface area contributed by atoms with Gasteiger partial charge in [-0.3, -0.25) is 14.3 Å². The van der Waals surface area contributed by atoms with Crippen molar-refractivity contribution < 1.29 is 4.39 Å². The largest absolute Gasteiger partial charge is 0.366 e. The summed E-state index contributed by atoms with van der Waals surface area (Å²) in [5.41, 5.74) is 1.17. The van der Waals surface area contributed by atoms with Crippen LogP contribution < -0.4 is 21.0 Å². The molecule has 35 heavy (non-hydrogen) atoms. The summed E-state index contributed by atoms with van der Waals surface area (Å²) in [6, 6.07) is 8.59. The lowest BCUT2D eigenvalue weighted by Gasteiger charge is -2.36. The molecule has 1 fully saturated rings. The second-order valence-electron chi connectivity index (χ2n) is 8.31. The van der Waals surface area contributed by atoms with Gasteiger partial charge < -0.3 is 14.4 Å². The number of fused-ring (bicyclic) bond motifs is 1. The number of thioether (sulfide) groups is 1. The van der Waals surface area contributed by atoms with Crippen LogP contribution in [0.1, 0.15) is 5.69 Å². The molecule has 0 radical (unpaired) electrons. The molecule has 182 valence electrons. The van der Waals surface area contributed by atoms with Gasteiger partial charge in [0, 0.05) is 57.4 Å². The van der Waals surface area contributed by atoms with Crippen LogP contribution >= 0.6 is 11.8 Å². The van der Waals surface area contributed by atoms with E-state index >= 15 is 0 Å². The standard InChI is InChI=1S/C23H25FN8O2S/c1-15-7-8-25-21(26-15)35-14-13-32-18-19(29(2)23(34)28-20(18)33)27-22(32)31-11-9-30(10-12-31)17-6-4-3-5-16(17)24/h3-8H,9-14H2,1-2H3,(H,28,33,34). The van der Waals surface area contributed by atoms with Crippen LogP contribution in [-0.4, -0.2) is 61.0 Å². The normalized spacial score (nSPS) is 14.1. The zero-order valence-corrected chi connectivity index (χ0v) is 20.3. The Labute approximate surface area is 204 Å². The number of aryl methyl sites for hydroxylation is 3. The second kappa shape index (κ2) is 9.53. The number of nitrogens with one attached hydrogen (secondary N) is 1. The number of H-pyrrole nitrogens is 1. The predicted molar refractivity (Wildman–Crippen MR) is 134 cm³/mol. The number of aromatic nitrogens is 6. The third-order valence-corrected chi connectivity index (χ3v) is 6.90. The van der Waals surface area contributed by atoms with Gasteiger partial charge in [0.25, 0.3) is 5.56 Å². The Hall–Kier alpha value is -3.67. The number of halogens is 1. The van der Waals surface area contributed by atoms with Gasteiger partial charge in [-0.2, -0.15) is 4.98 Å². The van der Waals surface area contributed by atoms with Crippen molar-refractivity contribution in [1.29, 1.82) is 0 Å². The van der Waals surface area contributed by atoms with E-state index in [1.54, 1.807) is 25.4 Å². The molecular formula is C23H25FN8O2S. The molecule has 5 rings (SSSR count). The van der Waals surface area contributed by atoms with Crippen LogP contribution in [0.15, 0.2) is 51.3 Å². The summed E-state index contributed by atoms with van der Waals surface area (Å²) in [6.45, 7) is 4.78. The van der Waals surface area contributed by atoms with Gasteiger partial charge in [0.15, 0.2) is 16.3 Å². The minimum absolute atomic E-state index is 0.245. The fraction of sp³-hybridized carbons (Fsp3) is 0.348. The molecule has 3 aromatic heterocycles. The number of para-hydroxylation sites is 1. The van der Waals surface area contributed by atoms with Gasteiger partial charge in [0.05, 0.1) is 5.69 Å². The number of imidazole rings is 1. The summed E-state index contributed by atoms with van der Waals surface area (Å²) in [5, 5.41) is 0.663. The van der Waals surface area contributed by atoms with Crippen LogP contribution in [-0.2, 0) is 13.6 Å². The average molecular weight is 497 g/mol. The molecule has 1 N–H and O–H groups in total. The van der Waals surface area contributed by atoms with Crippen molar-refractivity contribution >= 4 is 34.6 Å². The maximum Gasteiger partial charge on any atom is 0.329 e. The van der Waals surface area contributed by atoms with Crippen LogP contribution in [0.5, 0.6) is 0 Å². The lowest BCUT2D eigenvalue weighted by atomic mass is 10.2. The van der Waals surface area contributed by atoms with Gasteiger partial charge in [0.2, 0.25) is 5.95 Å². The molecule has 1 aliphatic heterocycles. The summed E-state index contributed by atoms with van der Waals surface area (Å²) < 4.78 is 17.5. The van der Waals surface area contributed by atoms with Crippen LogP contribution in [0.4, 0.5) is 16.0 Å². The highest BCUT2D eigenvalue weighted by molar-refractivity contribution is 7.99. The molecule has 0 amide bonds. The molecule has 1 saturated heterocycles. The zero-order valence-electron chi connectivity index (χ0n) is 19.4. The van der Waals surface area contributed by atoms with Crippen molar-refractivity contribution in [3.8, 4) is 0 Å². The van der Waals surface area contributed by atoms with Crippen LogP contribution in [0.25, 0.3) is 11.2 Å². The van der Waals surface area contributed by atoms with E-state index in [9.17, 15) is 14.0 Å². The van der Waals surface area contributed by atoms with E-state index in [1.807, 2.05) is 28.5 Å². The molecule has 0 unspecified atom stereocenters. The monoisotopic (exact) mass is 496 g/mol. The number of benzene rings is 1. The highest BCUT2D eigenvalue weighted by Crippen LogP contribution is 2.25. The number of aromatic amines is 1. The van der Waals surface area contributed by atoms with Gasteiger partial charge in [-0.15, -0.1) is 0 Å². The first kappa shape index (κ1) is 23.1. The highest BCUT2D eigenvalue weighted by atomic mass is 32.2. The Kier molecular flexibility index (Phi) is 6.29. The Morgan fingerprint density at radius 2 is 1.80 bits per heavy atom. The minimum atomic E-state index is -0.509. The van der Waals surface area contributed by atoms with Gasteiger partial charge >= 0.3 is 5.69 Å². The summed E-state index contributed by atoms with van der Waals surface area (Å²) >= 11 is 1.49. The lowest BCUT2D eigenvalue weighted by Crippen LogP contribution is -2.47. The van der Waals surface area contributed by atoms with Crippen molar-refractivity contribution in [2.45, 2.75) is 18.6 Å². The van der Waals surface area contributed by atoms with Gasteiger partial charge in [-0.25, -0.2) is 19.2 Å². The fourth-order valence-electron chi connectivity index (χ4n) is 4.26. The highest BCUT2D eigenvalue weighted by Gasteiger charge is 2.25. The number of hydrogen-bond acceptors (Lipinski definition) is 8. The van der Waals surface area contributed by atoms with E-state index in [4.69, 9.17) is 4.98 Å². The van der Waals surface area contributed by atoms with Gasteiger partial charge in [-0.05, 0) is 25.1 Å². The third kappa shape index (κ3) is 4.53. The molecule has 0 atom stereocenters. The number of anilines is 2. The summed E-state index contributed by atoms with van der Waals surface area (Å²) in [4.78, 5) is 44.9. The molecule has 10 nitrogen and oxygen atoms in total. The maximum absolute atomic E-state index is 14.3. The molecule has 0 aliphatic carbocycles. The molecule has 0 spiro atoms. The van der Waals surface area contributed by atoms with Crippen molar-refractivity contribution in [1.82, 2.24) is 29.1 Å². The Morgan fingerprint density at radius 1 is 1.06 bits per heavy atom. The first-order valence-electron chi connectivity index (χ1n) is 11.3. The van der Waals surface area contributed by atoms with E-state index in [1.165, 1.54) is 22.4 Å². The molecule has 1 aromatic carbocycles. The quantitative estimate of drug-likeness (QED) is 0.318. The molecule has 1 aliphatic rings. The molecule has 0 bridgehead atoms. The first-order valence-corrected chi connectivity index (χ1v) is 12.3. The number of nitrogens with zero attached hydrogens (tertiary/aromatic N) is 7. The topological polar surface area (TPSA) is 105 Å². The zero-order chi connectivity index (χ0) is 24.5. The van der Waals surface area contributed by atoms with Crippen LogP contribution in [0, 0.1) is 12.7 Å². The number of piperazine rings is 1. The van der Waals surface area contributed by atoms with Crippen molar-refractivity contribution in [2.75, 3.05) is 41.7 Å². The van der Waals surface area contributed by atoms with E-state index in [0.717, 1.165) is 5.69 Å². The average Bonchev–Trinajstić information content (AvgIpc) is 3.23. The molecule has 0 saturated carbocycles. The fourth-order valence-corrected chi connectivity index (χ4v) is 5.06. The van der Waals surface area contributed by atoms with E-state index in [-0.39, 0.29) is 5.82 Å². The van der Waals surface area contributed by atoms with Crippen LogP contribution in [0.3, 0.4) is 0 Å². The SMILES string of the molecule is Cc1ccnc(SCCn2c(N3CCN(c4ccccc4F)CC3)nc3c2c(=O)[nH]c(=O)n3C)n1. The van der Waals surface area contributed by atoms with Gasteiger partial charge in [0.1, 0.15) is 5.82 Å². The molecule has 12 heteroatoms. The molecule has 4 heterocycles. The van der Waals surface area contributed by atoms with Crippen molar-refractivity contribution in [2.24, 2.45) is 7.05 Å². The summed E-state index contributed by atoms with van der Waals surface area (Å²) in [5.74, 6) is 0.982. The lowest BCUT2D eigenvalue weighted by molar-refractivity contribution is 0.588. The molecular weight excluding hydrogens is 471 g/mol. The Bertz CT molecular complexity index is 1490. The summed E-state index contributed by atoms with van der Waals surface area (Å²) in [6.07, 6.45) is 1.72. The maximum atomic E-state index is 14.3. The Morgan fingerprint density at radius 3 is 2.54 bits per heavy atom. The van der Waals surface area contributed by atoms with Gasteiger partial charge in [-0.1, -0.05) is 23.9 Å². The van der Waals surface area contributed by atoms with Crippen LogP contribution in [0.2, 0.25) is 0 Å². The van der Waals surface area contributed by atoms with E-state index in [0.29, 0.717) is 66.4 Å². The minimum Gasteiger partial charge on any atom is -0.366 e. The summed E-state index contributed by atoms with van der Waals surface area (Å²) in [7, 11) is 1.59. The third-order valence-electron chi connectivity index (χ3n) is 6.06. The number of hydrogen-bond donors (Lipinski definition) is 1. The smallest absolute Gasteiger partial charge is 0.329 e. The molecule has 4 aromatic rings. The van der Waals surface area contributed by atoms with Crippen molar-refractivity contribution in [3.63, 3.8) is 0 Å². The van der Waals surface area contributed by atoms with Crippen molar-refractivity contribution in [3.05, 3.63) is 68.9 Å². The number of rotatable bonds is 6.